The maximum absolute atomic E-state index is 13.7. The number of aromatic hydroxyl groups is 2. The predicted octanol–water partition coefficient (Wildman–Crippen LogP) is 4.00. The van der Waals surface area contributed by atoms with Crippen LogP contribution in [0.4, 0.5) is 0 Å². The van der Waals surface area contributed by atoms with Crippen molar-refractivity contribution in [3.63, 3.8) is 0 Å². The van der Waals surface area contributed by atoms with E-state index >= 15 is 0 Å². The number of para-hydroxylation sites is 1. The molecule has 4 aromatic rings. The van der Waals surface area contributed by atoms with Gasteiger partial charge in [-0.05, 0) is 48.7 Å². The van der Waals surface area contributed by atoms with Crippen molar-refractivity contribution < 1.29 is 24.5 Å². The van der Waals surface area contributed by atoms with Crippen LogP contribution in [-0.2, 0) is 22.5 Å². The summed E-state index contributed by atoms with van der Waals surface area (Å²) in [6.07, 6.45) is 2.35. The molecule has 0 aliphatic heterocycles. The molecule has 182 valence electrons. The van der Waals surface area contributed by atoms with Gasteiger partial charge in [-0.1, -0.05) is 24.3 Å². The lowest BCUT2D eigenvalue weighted by molar-refractivity contribution is -0.140. The summed E-state index contributed by atoms with van der Waals surface area (Å²) in [5.41, 5.74) is 2.86. The fourth-order valence-corrected chi connectivity index (χ4v) is 4.51. The van der Waals surface area contributed by atoms with Crippen LogP contribution in [0.3, 0.4) is 0 Å². The second-order valence-corrected chi connectivity index (χ2v) is 8.42. The number of carbonyl (C=O) groups excluding carboxylic acids is 1. The molecule has 0 saturated carbocycles. The number of phenols is 1. The fraction of sp³-hybridized carbons (Fsp3) is 0.259. The Morgan fingerprint density at radius 3 is 2.57 bits per heavy atom. The number of pyridine rings is 1. The Kier molecular flexibility index (Phi) is 6.82. The first kappa shape index (κ1) is 23.9. The van der Waals surface area contributed by atoms with Crippen LogP contribution in [0.1, 0.15) is 34.7 Å². The number of rotatable bonds is 8. The third-order valence-electron chi connectivity index (χ3n) is 6.35. The minimum atomic E-state index is -0.827. The first-order valence-electron chi connectivity index (χ1n) is 11.3. The molecule has 0 fully saturated rings. The molecule has 2 aromatic carbocycles. The van der Waals surface area contributed by atoms with E-state index in [4.69, 9.17) is 9.47 Å². The van der Waals surface area contributed by atoms with Crippen LogP contribution in [0.15, 0.2) is 59.5 Å². The summed E-state index contributed by atoms with van der Waals surface area (Å²) < 4.78 is 11.6. The monoisotopic (exact) mass is 476 g/mol. The highest BCUT2D eigenvalue weighted by molar-refractivity contribution is 5.83. The van der Waals surface area contributed by atoms with E-state index in [1.165, 1.54) is 26.4 Å². The Bertz CT molecular complexity index is 1440. The van der Waals surface area contributed by atoms with Crippen molar-refractivity contribution >= 4 is 16.9 Å². The standard InChI is InChI=1S/C27H28N2O6/c1-16-12-23(31)26(20(14-25(32)35-3)17-8-9-24(34-2)22(30)13-17)27(33)29(16)11-10-18-15-28-21-7-5-4-6-19(18)21/h4-9,12-13,15,20,28,30-31H,10-11,14H2,1-3H3/t20-/m0/s1. The third-order valence-corrected chi connectivity index (χ3v) is 6.35. The van der Waals surface area contributed by atoms with Gasteiger partial charge in [0.05, 0.1) is 26.2 Å². The number of nitrogens with zero attached hydrogens (tertiary/aromatic N) is 1. The minimum absolute atomic E-state index is 0.0736. The number of phenolic OH excluding ortho intramolecular Hbond substituents is 1. The zero-order valence-electron chi connectivity index (χ0n) is 19.9. The third kappa shape index (κ3) is 4.73. The summed E-state index contributed by atoms with van der Waals surface area (Å²) >= 11 is 0. The number of carbonyl (C=O) groups is 1. The SMILES string of the molecule is COC(=O)C[C@@H](c1ccc(OC)c(O)c1)c1c(O)cc(C)n(CCc2c[nH]c3ccccc23)c1=O. The van der Waals surface area contributed by atoms with Gasteiger partial charge in [-0.15, -0.1) is 0 Å². The summed E-state index contributed by atoms with van der Waals surface area (Å²) in [7, 11) is 2.69. The van der Waals surface area contributed by atoms with Gasteiger partial charge in [-0.25, -0.2) is 0 Å². The van der Waals surface area contributed by atoms with Crippen molar-refractivity contribution in [2.45, 2.75) is 32.2 Å². The molecule has 3 N–H and O–H groups in total. The second kappa shape index (κ2) is 9.97. The van der Waals surface area contributed by atoms with Crippen LogP contribution >= 0.6 is 0 Å². The number of hydrogen-bond acceptors (Lipinski definition) is 6. The quantitative estimate of drug-likeness (QED) is 0.331. The number of esters is 1. The minimum Gasteiger partial charge on any atom is -0.507 e. The number of H-pyrrole nitrogens is 1. The van der Waals surface area contributed by atoms with Gasteiger partial charge in [0.25, 0.3) is 5.56 Å². The van der Waals surface area contributed by atoms with Gasteiger partial charge >= 0.3 is 5.97 Å². The Labute approximate surface area is 202 Å². The molecule has 0 amide bonds. The average molecular weight is 477 g/mol. The molecule has 4 rings (SSSR count). The van der Waals surface area contributed by atoms with E-state index in [-0.39, 0.29) is 29.2 Å². The maximum atomic E-state index is 13.7. The highest BCUT2D eigenvalue weighted by Gasteiger charge is 2.27. The predicted molar refractivity (Wildman–Crippen MR) is 132 cm³/mol. The van der Waals surface area contributed by atoms with Crippen molar-refractivity contribution in [1.82, 2.24) is 9.55 Å². The highest BCUT2D eigenvalue weighted by Crippen LogP contribution is 2.36. The normalized spacial score (nSPS) is 12.0. The van der Waals surface area contributed by atoms with Crippen molar-refractivity contribution in [3.05, 3.63) is 87.5 Å². The number of aromatic nitrogens is 2. The summed E-state index contributed by atoms with van der Waals surface area (Å²) in [4.78, 5) is 29.2. The number of fused-ring (bicyclic) bond motifs is 1. The van der Waals surface area contributed by atoms with E-state index in [0.717, 1.165) is 16.5 Å². The van der Waals surface area contributed by atoms with Gasteiger partial charge in [-0.3, -0.25) is 9.59 Å². The molecule has 35 heavy (non-hydrogen) atoms. The molecule has 2 heterocycles. The lowest BCUT2D eigenvalue weighted by atomic mass is 9.88. The number of aromatic amines is 1. The molecule has 8 heteroatoms. The summed E-state index contributed by atoms with van der Waals surface area (Å²) in [6, 6.07) is 14.1. The number of benzene rings is 2. The van der Waals surface area contributed by atoms with E-state index in [1.54, 1.807) is 23.6 Å². The molecule has 0 saturated heterocycles. The molecule has 1 atom stereocenters. The first-order chi connectivity index (χ1) is 16.8. The maximum Gasteiger partial charge on any atom is 0.306 e. The van der Waals surface area contributed by atoms with Crippen LogP contribution in [-0.4, -0.2) is 40.0 Å². The molecule has 0 spiro atoms. The molecule has 2 aromatic heterocycles. The van der Waals surface area contributed by atoms with E-state index in [1.807, 2.05) is 30.5 Å². The molecule has 8 nitrogen and oxygen atoms in total. The highest BCUT2D eigenvalue weighted by atomic mass is 16.5. The van der Waals surface area contributed by atoms with E-state index in [2.05, 4.69) is 4.98 Å². The van der Waals surface area contributed by atoms with Gasteiger partial charge in [0, 0.05) is 35.3 Å². The summed E-state index contributed by atoms with van der Waals surface area (Å²) in [5, 5.41) is 22.2. The number of methoxy groups -OCH3 is 2. The molecule has 0 bridgehead atoms. The van der Waals surface area contributed by atoms with Crippen LogP contribution in [0.5, 0.6) is 17.2 Å². The van der Waals surface area contributed by atoms with Gasteiger partial charge in [0.15, 0.2) is 11.5 Å². The van der Waals surface area contributed by atoms with Gasteiger partial charge in [0.1, 0.15) is 5.75 Å². The van der Waals surface area contributed by atoms with Crippen molar-refractivity contribution in [2.75, 3.05) is 14.2 Å². The fourth-order valence-electron chi connectivity index (χ4n) is 4.51. The van der Waals surface area contributed by atoms with Crippen LogP contribution in [0.2, 0.25) is 0 Å². The molecule has 0 aliphatic carbocycles. The lowest BCUT2D eigenvalue weighted by Crippen LogP contribution is -2.29. The van der Waals surface area contributed by atoms with Crippen molar-refractivity contribution in [2.24, 2.45) is 0 Å². The number of hydrogen-bond donors (Lipinski definition) is 3. The van der Waals surface area contributed by atoms with Gasteiger partial charge in [-0.2, -0.15) is 0 Å². The van der Waals surface area contributed by atoms with E-state index in [0.29, 0.717) is 24.2 Å². The number of ether oxygens (including phenoxy) is 2. The summed E-state index contributed by atoms with van der Waals surface area (Å²) in [6.45, 7) is 2.15. The van der Waals surface area contributed by atoms with Crippen LogP contribution in [0.25, 0.3) is 10.9 Å². The zero-order chi connectivity index (χ0) is 25.1. The van der Waals surface area contributed by atoms with Crippen molar-refractivity contribution in [1.29, 1.82) is 0 Å². The van der Waals surface area contributed by atoms with Crippen LogP contribution < -0.4 is 10.3 Å². The molecule has 0 aliphatic rings. The number of nitrogens with one attached hydrogen (secondary N) is 1. The van der Waals surface area contributed by atoms with Crippen molar-refractivity contribution in [3.8, 4) is 17.2 Å². The average Bonchev–Trinajstić information content (AvgIpc) is 3.26. The molecular formula is C27H28N2O6. The lowest BCUT2D eigenvalue weighted by Gasteiger charge is -2.21. The topological polar surface area (TPSA) is 114 Å². The Morgan fingerprint density at radius 2 is 1.86 bits per heavy atom. The van der Waals surface area contributed by atoms with E-state index in [9.17, 15) is 19.8 Å². The number of aryl methyl sites for hydroxylation is 2. The Balaban J connectivity index is 1.76. The molecule has 0 unspecified atom stereocenters. The Hall–Kier alpha value is -4.20. The van der Waals surface area contributed by atoms with Gasteiger partial charge < -0.3 is 29.2 Å². The zero-order valence-corrected chi connectivity index (χ0v) is 19.9. The van der Waals surface area contributed by atoms with E-state index < -0.39 is 17.4 Å². The molecular weight excluding hydrogens is 448 g/mol. The second-order valence-electron chi connectivity index (χ2n) is 8.42. The molecule has 0 radical (unpaired) electrons. The van der Waals surface area contributed by atoms with Gasteiger partial charge in [0.2, 0.25) is 0 Å². The smallest absolute Gasteiger partial charge is 0.306 e. The van der Waals surface area contributed by atoms with Crippen LogP contribution in [0, 0.1) is 6.92 Å². The Morgan fingerprint density at radius 1 is 1.09 bits per heavy atom. The largest absolute Gasteiger partial charge is 0.507 e. The summed E-state index contributed by atoms with van der Waals surface area (Å²) in [5.74, 6) is -1.46. The first-order valence-corrected chi connectivity index (χ1v) is 11.3.